The van der Waals surface area contributed by atoms with Crippen LogP contribution in [0.3, 0.4) is 0 Å². The minimum absolute atomic E-state index is 0.157. The summed E-state index contributed by atoms with van der Waals surface area (Å²) in [5.41, 5.74) is 0.155. The number of likely N-dealkylation sites (tertiary alicyclic amines) is 1. The average molecular weight is 350 g/mol. The smallest absolute Gasteiger partial charge is 0.252 e. The molecule has 1 aromatic carbocycles. The number of piperazine rings is 1. The Balaban J connectivity index is 1.67. The van der Waals surface area contributed by atoms with Crippen LogP contribution in [-0.4, -0.2) is 76.0 Å². The van der Waals surface area contributed by atoms with Crippen molar-refractivity contribution < 1.29 is 14.7 Å². The Morgan fingerprint density at radius 3 is 2.75 bits per heavy atom. The Morgan fingerprint density at radius 1 is 1.33 bits per heavy atom. The Kier molecular flexibility index (Phi) is 3.69. The number of carbonyl (C=O) groups excluding carboxylic acids is 2. The Bertz CT molecular complexity index is 704. The van der Waals surface area contributed by atoms with Crippen LogP contribution in [0.25, 0.3) is 0 Å². The molecule has 3 aliphatic rings. The number of hydrogen-bond acceptors (Lipinski definition) is 5. The molecule has 24 heavy (non-hydrogen) atoms. The molecule has 0 aliphatic carbocycles. The van der Waals surface area contributed by atoms with Crippen molar-refractivity contribution in [3.8, 4) is 0 Å². The van der Waals surface area contributed by atoms with Crippen molar-refractivity contribution in [2.75, 3.05) is 26.7 Å². The second kappa shape index (κ2) is 5.52. The van der Waals surface area contributed by atoms with E-state index in [2.05, 4.69) is 4.90 Å². The summed E-state index contributed by atoms with van der Waals surface area (Å²) in [4.78, 5) is 31.4. The summed E-state index contributed by atoms with van der Waals surface area (Å²) in [6.07, 6.45) is -0.162. The van der Waals surface area contributed by atoms with E-state index in [0.717, 1.165) is 5.56 Å². The van der Waals surface area contributed by atoms with Crippen LogP contribution in [0.1, 0.15) is 12.0 Å². The Morgan fingerprint density at radius 2 is 2.08 bits per heavy atom. The first-order valence-corrected chi connectivity index (χ1v) is 8.52. The summed E-state index contributed by atoms with van der Waals surface area (Å²) in [6, 6.07) is 6.81. The second-order valence-electron chi connectivity index (χ2n) is 7.12. The molecule has 4 rings (SSSR count). The maximum absolute atomic E-state index is 13.1. The normalized spacial score (nSPS) is 29.9. The zero-order valence-electron chi connectivity index (χ0n) is 13.5. The summed E-state index contributed by atoms with van der Waals surface area (Å²) in [7, 11) is 1.96. The first-order chi connectivity index (χ1) is 11.4. The van der Waals surface area contributed by atoms with Gasteiger partial charge in [-0.15, -0.1) is 0 Å². The molecule has 3 saturated heterocycles. The molecule has 0 aromatic heterocycles. The molecule has 128 valence electrons. The molecule has 0 radical (unpaired) electrons. The van der Waals surface area contributed by atoms with Crippen molar-refractivity contribution >= 4 is 23.4 Å². The molecule has 1 spiro atoms. The van der Waals surface area contributed by atoms with Crippen molar-refractivity contribution in [2.45, 2.75) is 30.7 Å². The minimum atomic E-state index is -0.677. The van der Waals surface area contributed by atoms with Gasteiger partial charge < -0.3 is 10.0 Å². The predicted molar refractivity (Wildman–Crippen MR) is 88.4 cm³/mol. The largest absolute Gasteiger partial charge is 0.392 e. The van der Waals surface area contributed by atoms with Crippen LogP contribution in [0, 0.1) is 0 Å². The van der Waals surface area contributed by atoms with Crippen LogP contribution in [0.15, 0.2) is 24.3 Å². The first kappa shape index (κ1) is 16.0. The number of aliphatic hydroxyl groups excluding tert-OH is 1. The van der Waals surface area contributed by atoms with E-state index in [4.69, 9.17) is 11.6 Å². The van der Waals surface area contributed by atoms with Gasteiger partial charge in [0.15, 0.2) is 0 Å². The molecule has 3 heterocycles. The van der Waals surface area contributed by atoms with E-state index in [1.807, 2.05) is 24.1 Å². The molecule has 1 N–H and O–H groups in total. The van der Waals surface area contributed by atoms with E-state index in [1.54, 1.807) is 12.1 Å². The van der Waals surface area contributed by atoms with Gasteiger partial charge in [0.2, 0.25) is 5.91 Å². The van der Waals surface area contributed by atoms with E-state index >= 15 is 0 Å². The van der Waals surface area contributed by atoms with E-state index < -0.39 is 17.7 Å². The molecule has 2 atom stereocenters. The number of imide groups is 1. The lowest BCUT2D eigenvalue weighted by Crippen LogP contribution is -2.80. The first-order valence-electron chi connectivity index (χ1n) is 8.14. The van der Waals surface area contributed by atoms with Gasteiger partial charge in [0.25, 0.3) is 5.91 Å². The van der Waals surface area contributed by atoms with Gasteiger partial charge in [-0.2, -0.15) is 0 Å². The fraction of sp³-hybridized carbons (Fsp3) is 0.529. The van der Waals surface area contributed by atoms with Crippen LogP contribution in [-0.2, 0) is 16.1 Å². The quantitative estimate of drug-likeness (QED) is 0.779. The van der Waals surface area contributed by atoms with Crippen molar-refractivity contribution in [1.82, 2.24) is 14.7 Å². The highest BCUT2D eigenvalue weighted by Gasteiger charge is 2.63. The van der Waals surface area contributed by atoms with Crippen LogP contribution in [0.2, 0.25) is 5.02 Å². The standard InChI is InChI=1S/C17H20ClN3O3/c1-19-9-17(10-19)16(24)20(7-11-3-2-4-12(18)5-11)15(23)14-6-13(22)8-21(14)17/h2-5,13-14,22H,6-10H2,1H3. The highest BCUT2D eigenvalue weighted by molar-refractivity contribution is 6.30. The number of aliphatic hydroxyl groups is 1. The third-order valence-corrected chi connectivity index (χ3v) is 5.55. The zero-order valence-corrected chi connectivity index (χ0v) is 14.2. The van der Waals surface area contributed by atoms with Crippen LogP contribution in [0.5, 0.6) is 0 Å². The highest BCUT2D eigenvalue weighted by atomic mass is 35.5. The van der Waals surface area contributed by atoms with Gasteiger partial charge in [0.05, 0.1) is 18.7 Å². The number of benzene rings is 1. The summed E-state index contributed by atoms with van der Waals surface area (Å²) in [5, 5.41) is 10.6. The molecule has 0 saturated carbocycles. The second-order valence-corrected chi connectivity index (χ2v) is 7.56. The van der Waals surface area contributed by atoms with Gasteiger partial charge in [0.1, 0.15) is 5.54 Å². The number of β-amino-alcohol motifs (C(OH)–C–C–N with tert-alkyl or cyclic N) is 1. The summed E-state index contributed by atoms with van der Waals surface area (Å²) in [6.45, 7) is 1.80. The molecule has 7 heteroatoms. The van der Waals surface area contributed by atoms with E-state index in [9.17, 15) is 14.7 Å². The lowest BCUT2D eigenvalue weighted by atomic mass is 9.83. The maximum Gasteiger partial charge on any atom is 0.252 e. The maximum atomic E-state index is 13.1. The molecule has 6 nitrogen and oxygen atoms in total. The highest BCUT2D eigenvalue weighted by Crippen LogP contribution is 2.40. The lowest BCUT2D eigenvalue weighted by Gasteiger charge is -2.57. The van der Waals surface area contributed by atoms with Crippen LogP contribution >= 0.6 is 11.6 Å². The SMILES string of the molecule is CN1CC2(C1)C(=O)N(Cc1cccc(Cl)c1)C(=O)C1CC(O)CN12. The van der Waals surface area contributed by atoms with Crippen molar-refractivity contribution in [3.63, 3.8) is 0 Å². The summed E-state index contributed by atoms with van der Waals surface area (Å²) in [5.74, 6) is -0.368. The van der Waals surface area contributed by atoms with Crippen molar-refractivity contribution in [2.24, 2.45) is 0 Å². The van der Waals surface area contributed by atoms with Crippen LogP contribution in [0.4, 0.5) is 0 Å². The molecule has 3 fully saturated rings. The lowest BCUT2D eigenvalue weighted by molar-refractivity contribution is -0.179. The zero-order chi connectivity index (χ0) is 17.1. The topological polar surface area (TPSA) is 64.1 Å². The number of fused-ring (bicyclic) bond motifs is 2. The van der Waals surface area contributed by atoms with Gasteiger partial charge in [-0.3, -0.25) is 19.4 Å². The third kappa shape index (κ3) is 2.29. The van der Waals surface area contributed by atoms with E-state index in [1.165, 1.54) is 4.90 Å². The molecule has 2 amide bonds. The summed E-state index contributed by atoms with van der Waals surface area (Å²) >= 11 is 6.02. The number of hydrogen-bond donors (Lipinski definition) is 1. The van der Waals surface area contributed by atoms with Crippen molar-refractivity contribution in [1.29, 1.82) is 0 Å². The number of halogens is 1. The number of rotatable bonds is 2. The summed E-state index contributed by atoms with van der Waals surface area (Å²) < 4.78 is 0. The van der Waals surface area contributed by atoms with E-state index in [0.29, 0.717) is 31.1 Å². The molecular weight excluding hydrogens is 330 g/mol. The van der Waals surface area contributed by atoms with Gasteiger partial charge in [-0.05, 0) is 31.2 Å². The van der Waals surface area contributed by atoms with Crippen LogP contribution < -0.4 is 0 Å². The molecule has 0 bridgehead atoms. The molecule has 3 aliphatic heterocycles. The number of carbonyl (C=O) groups is 2. The van der Waals surface area contributed by atoms with Gasteiger partial charge in [-0.25, -0.2) is 0 Å². The molecular formula is C17H20ClN3O3. The van der Waals surface area contributed by atoms with Crippen molar-refractivity contribution in [3.05, 3.63) is 34.9 Å². The number of nitrogens with zero attached hydrogens (tertiary/aromatic N) is 3. The number of likely N-dealkylation sites (N-methyl/N-ethyl adjacent to an activating group) is 1. The Labute approximate surface area is 145 Å². The molecule has 2 unspecified atom stereocenters. The fourth-order valence-electron chi connectivity index (χ4n) is 4.31. The fourth-order valence-corrected chi connectivity index (χ4v) is 4.52. The molecule has 1 aromatic rings. The minimum Gasteiger partial charge on any atom is -0.392 e. The van der Waals surface area contributed by atoms with Gasteiger partial charge in [-0.1, -0.05) is 23.7 Å². The van der Waals surface area contributed by atoms with Gasteiger partial charge >= 0.3 is 0 Å². The average Bonchev–Trinajstić information content (AvgIpc) is 2.89. The number of amides is 2. The van der Waals surface area contributed by atoms with E-state index in [-0.39, 0.29) is 18.4 Å². The van der Waals surface area contributed by atoms with Gasteiger partial charge in [0, 0.05) is 24.7 Å². The monoisotopic (exact) mass is 349 g/mol. The predicted octanol–water partition coefficient (Wildman–Crippen LogP) is 0.328. The third-order valence-electron chi connectivity index (χ3n) is 5.32. The Hall–Kier alpha value is -1.47.